The van der Waals surface area contributed by atoms with Gasteiger partial charge in [0.05, 0.1) is 21.2 Å². The molecule has 0 aromatic heterocycles. The summed E-state index contributed by atoms with van der Waals surface area (Å²) in [5, 5.41) is 9.35. The lowest BCUT2D eigenvalue weighted by Crippen LogP contribution is -2.35. The Morgan fingerprint density at radius 2 is 1.68 bits per heavy atom. The van der Waals surface area contributed by atoms with Gasteiger partial charge < -0.3 is 9.84 Å². The van der Waals surface area contributed by atoms with E-state index in [0.29, 0.717) is 16.4 Å². The molecule has 6 nitrogen and oxygen atoms in total. The van der Waals surface area contributed by atoms with E-state index in [1.54, 1.807) is 0 Å². The highest BCUT2D eigenvalue weighted by Gasteiger charge is 2.33. The molecular weight excluding hydrogens is 502 g/mol. The van der Waals surface area contributed by atoms with E-state index in [1.807, 2.05) is 0 Å². The Hall–Kier alpha value is -3.31. The number of alkyl halides is 3. The highest BCUT2D eigenvalue weighted by molar-refractivity contribution is 7.92. The van der Waals surface area contributed by atoms with Crippen molar-refractivity contribution in [3.8, 4) is 5.75 Å². The predicted octanol–water partition coefficient (Wildman–Crippen LogP) is 5.36. The van der Waals surface area contributed by atoms with E-state index >= 15 is 0 Å². The summed E-state index contributed by atoms with van der Waals surface area (Å²) in [4.78, 5) is 10.6. The number of carboxylic acids is 1. The monoisotopic (exact) mass is 517 g/mol. The average Bonchev–Trinajstić information content (AvgIpc) is 2.77. The first kappa shape index (κ1) is 25.3. The number of hydrogen-bond acceptors (Lipinski definition) is 4. The highest BCUT2D eigenvalue weighted by Crippen LogP contribution is 2.32. The zero-order valence-electron chi connectivity index (χ0n) is 17.1. The second-order valence-corrected chi connectivity index (χ2v) is 9.18. The molecule has 0 bridgehead atoms. The lowest BCUT2D eigenvalue weighted by Gasteiger charge is -2.23. The van der Waals surface area contributed by atoms with E-state index in [1.165, 1.54) is 42.5 Å². The molecular formula is C22H16ClF4NO5S. The number of rotatable bonds is 8. The van der Waals surface area contributed by atoms with Crippen molar-refractivity contribution in [2.75, 3.05) is 10.8 Å². The van der Waals surface area contributed by atoms with Crippen molar-refractivity contribution in [1.29, 1.82) is 0 Å². The normalized spacial score (nSPS) is 11.8. The SMILES string of the molecule is O=C(O)CN(c1ccc(OCc2c(F)cccc2Cl)cc1)S(=O)(=O)c1cccc(C(F)(F)F)c1. The van der Waals surface area contributed by atoms with Crippen LogP contribution in [0.3, 0.4) is 0 Å². The quantitative estimate of drug-likeness (QED) is 0.407. The summed E-state index contributed by atoms with van der Waals surface area (Å²) in [5.74, 6) is -1.91. The van der Waals surface area contributed by atoms with Crippen molar-refractivity contribution >= 4 is 33.3 Å². The van der Waals surface area contributed by atoms with Crippen molar-refractivity contribution in [2.45, 2.75) is 17.7 Å². The number of carbonyl (C=O) groups is 1. The lowest BCUT2D eigenvalue weighted by atomic mass is 10.2. The maximum Gasteiger partial charge on any atom is 0.416 e. The van der Waals surface area contributed by atoms with Crippen LogP contribution in [0.4, 0.5) is 23.2 Å². The number of hydrogen-bond donors (Lipinski definition) is 1. The molecule has 0 saturated carbocycles. The molecule has 0 fully saturated rings. The Morgan fingerprint density at radius 1 is 1.03 bits per heavy atom. The Morgan fingerprint density at radius 3 is 2.26 bits per heavy atom. The fourth-order valence-corrected chi connectivity index (χ4v) is 4.61. The van der Waals surface area contributed by atoms with E-state index in [0.717, 1.165) is 12.1 Å². The van der Waals surface area contributed by atoms with E-state index in [9.17, 15) is 35.9 Å². The summed E-state index contributed by atoms with van der Waals surface area (Å²) >= 11 is 5.94. The second kappa shape index (κ2) is 9.90. The van der Waals surface area contributed by atoms with Crippen LogP contribution in [0.5, 0.6) is 5.75 Å². The van der Waals surface area contributed by atoms with Crippen LogP contribution in [0.1, 0.15) is 11.1 Å². The van der Waals surface area contributed by atoms with Crippen LogP contribution < -0.4 is 9.04 Å². The number of benzene rings is 3. The number of sulfonamides is 1. The minimum Gasteiger partial charge on any atom is -0.489 e. The van der Waals surface area contributed by atoms with Gasteiger partial charge in [-0.1, -0.05) is 23.7 Å². The summed E-state index contributed by atoms with van der Waals surface area (Å²) in [6.07, 6.45) is -4.79. The van der Waals surface area contributed by atoms with Crippen molar-refractivity contribution in [3.63, 3.8) is 0 Å². The fourth-order valence-electron chi connectivity index (χ4n) is 2.93. The average molecular weight is 518 g/mol. The van der Waals surface area contributed by atoms with Gasteiger partial charge in [-0.05, 0) is 54.6 Å². The van der Waals surface area contributed by atoms with Gasteiger partial charge in [-0.25, -0.2) is 12.8 Å². The number of nitrogens with zero attached hydrogens (tertiary/aromatic N) is 1. The molecule has 3 rings (SSSR count). The van der Waals surface area contributed by atoms with E-state index < -0.39 is 45.0 Å². The number of ether oxygens (including phenoxy) is 1. The second-order valence-electron chi connectivity index (χ2n) is 6.91. The molecule has 1 N–H and O–H groups in total. The maximum absolute atomic E-state index is 13.9. The molecule has 0 radical (unpaired) electrons. The summed E-state index contributed by atoms with van der Waals surface area (Å²) in [6, 6.07) is 12.1. The molecule has 12 heteroatoms. The van der Waals surface area contributed by atoms with Gasteiger partial charge in [0.25, 0.3) is 10.0 Å². The van der Waals surface area contributed by atoms with E-state index in [-0.39, 0.29) is 28.6 Å². The molecule has 0 unspecified atom stereocenters. The molecule has 180 valence electrons. The zero-order chi connectivity index (χ0) is 25.1. The zero-order valence-corrected chi connectivity index (χ0v) is 18.7. The molecule has 0 aliphatic carbocycles. The van der Waals surface area contributed by atoms with Crippen molar-refractivity contribution in [1.82, 2.24) is 0 Å². The predicted molar refractivity (Wildman–Crippen MR) is 116 cm³/mol. The van der Waals surface area contributed by atoms with E-state index in [2.05, 4.69) is 0 Å². The number of aliphatic carboxylic acids is 1. The molecule has 0 aliphatic rings. The summed E-state index contributed by atoms with van der Waals surface area (Å²) < 4.78 is 84.9. The highest BCUT2D eigenvalue weighted by atomic mass is 35.5. The number of anilines is 1. The Balaban J connectivity index is 1.89. The summed E-state index contributed by atoms with van der Waals surface area (Å²) in [5.41, 5.74) is -1.22. The minimum atomic E-state index is -4.79. The third-order valence-corrected chi connectivity index (χ3v) is 6.72. The molecule has 0 amide bonds. The summed E-state index contributed by atoms with van der Waals surface area (Å²) in [7, 11) is -4.67. The smallest absolute Gasteiger partial charge is 0.416 e. The van der Waals surface area contributed by atoms with Crippen molar-refractivity contribution < 1.29 is 40.6 Å². The fraction of sp³-hybridized carbons (Fsp3) is 0.136. The number of carboxylic acid groups (broad SMARTS) is 1. The van der Waals surface area contributed by atoms with Gasteiger partial charge in [0, 0.05) is 5.56 Å². The first-order valence-corrected chi connectivity index (χ1v) is 11.3. The largest absolute Gasteiger partial charge is 0.489 e. The van der Waals surface area contributed by atoms with Gasteiger partial charge in [-0.3, -0.25) is 9.10 Å². The van der Waals surface area contributed by atoms with Crippen LogP contribution in [0, 0.1) is 5.82 Å². The minimum absolute atomic E-state index is 0.105. The molecule has 0 aliphatic heterocycles. The van der Waals surface area contributed by atoms with Gasteiger partial charge in [0.15, 0.2) is 0 Å². The van der Waals surface area contributed by atoms with Crippen LogP contribution >= 0.6 is 11.6 Å². The molecule has 0 atom stereocenters. The Labute approximate surface area is 197 Å². The van der Waals surface area contributed by atoms with Gasteiger partial charge in [0.2, 0.25) is 0 Å². The molecule has 0 heterocycles. The number of halogens is 5. The third-order valence-electron chi connectivity index (χ3n) is 4.60. The van der Waals surface area contributed by atoms with Crippen LogP contribution in [-0.2, 0) is 27.6 Å². The Bertz CT molecular complexity index is 1280. The molecule has 0 saturated heterocycles. The first-order chi connectivity index (χ1) is 15.9. The van der Waals surface area contributed by atoms with Gasteiger partial charge >= 0.3 is 12.1 Å². The first-order valence-electron chi connectivity index (χ1n) is 9.47. The van der Waals surface area contributed by atoms with Crippen molar-refractivity contribution in [3.05, 3.63) is 88.7 Å². The standard InChI is InChI=1S/C22H16ClF4NO5S/c23-19-5-2-6-20(24)18(19)13-33-16-9-7-15(8-10-16)28(12-21(29)30)34(31,32)17-4-1-3-14(11-17)22(25,26)27/h1-11H,12-13H2,(H,29,30). The van der Waals surface area contributed by atoms with Crippen LogP contribution in [0.25, 0.3) is 0 Å². The van der Waals surface area contributed by atoms with Gasteiger partial charge in [-0.15, -0.1) is 0 Å². The van der Waals surface area contributed by atoms with Crippen molar-refractivity contribution in [2.24, 2.45) is 0 Å². The Kier molecular flexibility index (Phi) is 7.37. The molecule has 0 spiro atoms. The summed E-state index contributed by atoms with van der Waals surface area (Å²) in [6.45, 7) is -1.27. The maximum atomic E-state index is 13.9. The molecule has 3 aromatic carbocycles. The van der Waals surface area contributed by atoms with Crippen LogP contribution in [0.15, 0.2) is 71.6 Å². The molecule has 3 aromatic rings. The van der Waals surface area contributed by atoms with Gasteiger partial charge in [0.1, 0.15) is 24.7 Å². The van der Waals surface area contributed by atoms with E-state index in [4.69, 9.17) is 16.3 Å². The third kappa shape index (κ3) is 5.78. The van der Waals surface area contributed by atoms with Crippen LogP contribution in [-0.4, -0.2) is 26.0 Å². The topological polar surface area (TPSA) is 83.9 Å². The van der Waals surface area contributed by atoms with Crippen LogP contribution in [0.2, 0.25) is 5.02 Å². The lowest BCUT2D eigenvalue weighted by molar-refractivity contribution is -0.138. The molecule has 34 heavy (non-hydrogen) atoms. The van der Waals surface area contributed by atoms with Gasteiger partial charge in [-0.2, -0.15) is 13.2 Å².